The van der Waals surface area contributed by atoms with Gasteiger partial charge in [0.15, 0.2) is 0 Å². The molecule has 8 heteroatoms. The second kappa shape index (κ2) is 6.97. The van der Waals surface area contributed by atoms with E-state index in [9.17, 15) is 12.8 Å². The Kier molecular flexibility index (Phi) is 4.88. The van der Waals surface area contributed by atoms with Gasteiger partial charge in [0.2, 0.25) is 21.7 Å². The van der Waals surface area contributed by atoms with Crippen LogP contribution in [0.5, 0.6) is 0 Å². The molecule has 1 N–H and O–H groups in total. The number of nitrogens with zero attached hydrogens (tertiary/aromatic N) is 2. The van der Waals surface area contributed by atoms with E-state index in [1.165, 1.54) is 12.1 Å². The average Bonchev–Trinajstić information content (AvgIpc) is 3.01. The van der Waals surface area contributed by atoms with Gasteiger partial charge in [0.1, 0.15) is 5.82 Å². The topological polar surface area (TPSA) is 85.1 Å². The van der Waals surface area contributed by atoms with Gasteiger partial charge in [0.05, 0.1) is 17.0 Å². The van der Waals surface area contributed by atoms with Crippen LogP contribution in [0.2, 0.25) is 0 Å². The van der Waals surface area contributed by atoms with Crippen molar-refractivity contribution in [2.24, 2.45) is 0 Å². The second-order valence-electron chi connectivity index (χ2n) is 6.04. The number of sulfonamides is 1. The molecule has 3 rings (SSSR count). The molecule has 2 aromatic carbocycles. The second-order valence-corrected chi connectivity index (χ2v) is 7.75. The molecule has 0 aliphatic heterocycles. The van der Waals surface area contributed by atoms with Crippen LogP contribution in [0.25, 0.3) is 11.4 Å². The van der Waals surface area contributed by atoms with E-state index >= 15 is 0 Å². The molecule has 0 atom stereocenters. The molecule has 0 radical (unpaired) electrons. The fraction of sp³-hybridized carbons (Fsp3) is 0.222. The van der Waals surface area contributed by atoms with E-state index < -0.39 is 15.8 Å². The van der Waals surface area contributed by atoms with Crippen molar-refractivity contribution >= 4 is 10.0 Å². The van der Waals surface area contributed by atoms with Crippen LogP contribution in [-0.4, -0.2) is 18.6 Å². The highest BCUT2D eigenvalue weighted by molar-refractivity contribution is 7.89. The summed E-state index contributed by atoms with van der Waals surface area (Å²) in [6, 6.07) is 9.64. The standard InChI is InChI=1S/C18H18FN3O3S/c1-11-8-12(2)17(13(3)9-11)26(23,24)20-10-16-21-18(22-25-16)14-6-4-5-7-15(14)19/h4-9,20H,10H2,1-3H3. The molecule has 0 bridgehead atoms. The first-order valence-corrected chi connectivity index (χ1v) is 9.41. The Labute approximate surface area is 151 Å². The van der Waals surface area contributed by atoms with E-state index in [1.807, 2.05) is 19.1 Å². The van der Waals surface area contributed by atoms with E-state index in [1.54, 1.807) is 26.0 Å². The summed E-state index contributed by atoms with van der Waals surface area (Å²) in [5, 5.41) is 3.71. The minimum absolute atomic E-state index is 0.0502. The minimum Gasteiger partial charge on any atom is -0.338 e. The van der Waals surface area contributed by atoms with Crippen molar-refractivity contribution in [2.75, 3.05) is 0 Å². The van der Waals surface area contributed by atoms with Gasteiger partial charge in [-0.3, -0.25) is 0 Å². The van der Waals surface area contributed by atoms with E-state index in [0.717, 1.165) is 5.56 Å². The molecular formula is C18H18FN3O3S. The number of hydrogen-bond donors (Lipinski definition) is 1. The van der Waals surface area contributed by atoms with Crippen LogP contribution < -0.4 is 4.72 Å². The van der Waals surface area contributed by atoms with E-state index in [2.05, 4.69) is 14.9 Å². The lowest BCUT2D eigenvalue weighted by atomic mass is 10.1. The highest BCUT2D eigenvalue weighted by atomic mass is 32.2. The largest absolute Gasteiger partial charge is 0.338 e. The van der Waals surface area contributed by atoms with Gasteiger partial charge in [-0.05, 0) is 44.0 Å². The van der Waals surface area contributed by atoms with Crippen LogP contribution in [0.3, 0.4) is 0 Å². The Balaban J connectivity index is 1.81. The zero-order valence-electron chi connectivity index (χ0n) is 14.6. The van der Waals surface area contributed by atoms with Crippen molar-refractivity contribution in [3.63, 3.8) is 0 Å². The highest BCUT2D eigenvalue weighted by Gasteiger charge is 2.21. The number of benzene rings is 2. The molecule has 0 spiro atoms. The lowest BCUT2D eigenvalue weighted by Gasteiger charge is -2.12. The monoisotopic (exact) mass is 375 g/mol. The number of nitrogens with one attached hydrogen (secondary N) is 1. The summed E-state index contributed by atoms with van der Waals surface area (Å²) in [5.41, 5.74) is 2.50. The van der Waals surface area contributed by atoms with Crippen molar-refractivity contribution in [1.82, 2.24) is 14.9 Å². The molecule has 0 aliphatic carbocycles. The molecule has 0 amide bonds. The maximum absolute atomic E-state index is 13.8. The smallest absolute Gasteiger partial charge is 0.242 e. The van der Waals surface area contributed by atoms with Crippen molar-refractivity contribution in [1.29, 1.82) is 0 Å². The van der Waals surface area contributed by atoms with Gasteiger partial charge in [-0.25, -0.2) is 17.5 Å². The number of hydrogen-bond acceptors (Lipinski definition) is 5. The van der Waals surface area contributed by atoms with Crippen LogP contribution >= 0.6 is 0 Å². The first-order valence-electron chi connectivity index (χ1n) is 7.93. The first kappa shape index (κ1) is 18.2. The predicted molar refractivity (Wildman–Crippen MR) is 94.4 cm³/mol. The lowest BCUT2D eigenvalue weighted by molar-refractivity contribution is 0.375. The Bertz CT molecular complexity index is 1040. The van der Waals surface area contributed by atoms with Crippen LogP contribution in [0, 0.1) is 26.6 Å². The summed E-state index contributed by atoms with van der Waals surface area (Å²) in [6.45, 7) is 5.22. The molecule has 0 saturated carbocycles. The Morgan fingerprint density at radius 2 is 1.77 bits per heavy atom. The third-order valence-electron chi connectivity index (χ3n) is 3.87. The van der Waals surface area contributed by atoms with Crippen molar-refractivity contribution in [3.05, 3.63) is 64.8 Å². The van der Waals surface area contributed by atoms with Gasteiger partial charge >= 0.3 is 0 Å². The molecule has 136 valence electrons. The Morgan fingerprint density at radius 1 is 1.12 bits per heavy atom. The van der Waals surface area contributed by atoms with Gasteiger partial charge in [0.25, 0.3) is 0 Å². The van der Waals surface area contributed by atoms with Crippen LogP contribution in [0.4, 0.5) is 4.39 Å². The molecular weight excluding hydrogens is 357 g/mol. The minimum atomic E-state index is -3.75. The molecule has 1 heterocycles. The summed E-state index contributed by atoms with van der Waals surface area (Å²) in [6.07, 6.45) is 0. The summed E-state index contributed by atoms with van der Waals surface area (Å²) >= 11 is 0. The van der Waals surface area contributed by atoms with Gasteiger partial charge in [0, 0.05) is 0 Å². The van der Waals surface area contributed by atoms with Crippen LogP contribution in [-0.2, 0) is 16.6 Å². The quantitative estimate of drug-likeness (QED) is 0.740. The zero-order valence-corrected chi connectivity index (χ0v) is 15.4. The number of aryl methyl sites for hydroxylation is 3. The third-order valence-corrected chi connectivity index (χ3v) is 5.58. The highest BCUT2D eigenvalue weighted by Crippen LogP contribution is 2.22. The maximum atomic E-state index is 13.8. The molecule has 26 heavy (non-hydrogen) atoms. The predicted octanol–water partition coefficient (Wildman–Crippen LogP) is 3.28. The number of aromatic nitrogens is 2. The fourth-order valence-corrected chi connectivity index (χ4v) is 4.32. The number of rotatable bonds is 5. The molecule has 3 aromatic rings. The maximum Gasteiger partial charge on any atom is 0.242 e. The third kappa shape index (κ3) is 3.66. The molecule has 0 aliphatic rings. The molecule has 6 nitrogen and oxygen atoms in total. The van der Waals surface area contributed by atoms with Gasteiger partial charge in [-0.1, -0.05) is 35.0 Å². The van der Waals surface area contributed by atoms with Gasteiger partial charge < -0.3 is 4.52 Å². The fourth-order valence-electron chi connectivity index (χ4n) is 2.90. The number of halogens is 1. The van der Waals surface area contributed by atoms with Crippen molar-refractivity contribution in [2.45, 2.75) is 32.2 Å². The van der Waals surface area contributed by atoms with E-state index in [4.69, 9.17) is 4.52 Å². The molecule has 1 aromatic heterocycles. The summed E-state index contributed by atoms with van der Waals surface area (Å²) in [5.74, 6) is -0.361. The summed E-state index contributed by atoms with van der Waals surface area (Å²) in [7, 11) is -3.75. The van der Waals surface area contributed by atoms with Crippen molar-refractivity contribution in [3.8, 4) is 11.4 Å². The first-order chi connectivity index (χ1) is 12.3. The average molecular weight is 375 g/mol. The van der Waals surface area contributed by atoms with Crippen LogP contribution in [0.15, 0.2) is 45.8 Å². The van der Waals surface area contributed by atoms with E-state index in [-0.39, 0.29) is 28.7 Å². The Hall–Kier alpha value is -2.58. The lowest BCUT2D eigenvalue weighted by Crippen LogP contribution is -2.25. The zero-order chi connectivity index (χ0) is 18.9. The molecule has 0 unspecified atom stereocenters. The summed E-state index contributed by atoms with van der Waals surface area (Å²) < 4.78 is 46.5. The van der Waals surface area contributed by atoms with Crippen LogP contribution in [0.1, 0.15) is 22.6 Å². The van der Waals surface area contributed by atoms with Gasteiger partial charge in [-0.15, -0.1) is 0 Å². The van der Waals surface area contributed by atoms with Crippen molar-refractivity contribution < 1.29 is 17.3 Å². The Morgan fingerprint density at radius 3 is 2.42 bits per heavy atom. The molecule has 0 fully saturated rings. The SMILES string of the molecule is Cc1cc(C)c(S(=O)(=O)NCc2nc(-c3ccccc3F)no2)c(C)c1. The normalized spacial score (nSPS) is 11.7. The molecule has 0 saturated heterocycles. The van der Waals surface area contributed by atoms with E-state index in [0.29, 0.717) is 11.1 Å². The summed E-state index contributed by atoms with van der Waals surface area (Å²) in [4.78, 5) is 4.29. The van der Waals surface area contributed by atoms with Gasteiger partial charge in [-0.2, -0.15) is 4.98 Å².